The van der Waals surface area contributed by atoms with Crippen LogP contribution in [0.5, 0.6) is 5.75 Å². The second-order valence-electron chi connectivity index (χ2n) is 5.34. The van der Waals surface area contributed by atoms with Gasteiger partial charge in [-0.2, -0.15) is 4.68 Å². The standard InChI is InChI=1S/C17H16ClN5O2S/c1-11-7-8-12(18)9-14(11)23-17(20-21-22-23)26-10-16(24)19-13-5-3-4-6-15(13)25-2/h3-9H,10H2,1-2H3,(H,19,24). The Kier molecular flexibility index (Phi) is 5.75. The van der Waals surface area contributed by atoms with Gasteiger partial charge in [-0.1, -0.05) is 41.6 Å². The van der Waals surface area contributed by atoms with Crippen LogP contribution in [-0.2, 0) is 4.79 Å². The lowest BCUT2D eigenvalue weighted by atomic mass is 10.2. The van der Waals surface area contributed by atoms with Crippen LogP contribution in [0.1, 0.15) is 5.56 Å². The number of hydrogen-bond donors (Lipinski definition) is 1. The number of nitrogens with zero attached hydrogens (tertiary/aromatic N) is 4. The van der Waals surface area contributed by atoms with E-state index in [1.807, 2.05) is 25.1 Å². The fourth-order valence-corrected chi connectivity index (χ4v) is 3.15. The highest BCUT2D eigenvalue weighted by atomic mass is 35.5. The van der Waals surface area contributed by atoms with E-state index in [4.69, 9.17) is 16.3 Å². The minimum Gasteiger partial charge on any atom is -0.495 e. The van der Waals surface area contributed by atoms with Crippen LogP contribution in [0.3, 0.4) is 0 Å². The molecular weight excluding hydrogens is 374 g/mol. The molecule has 7 nitrogen and oxygen atoms in total. The van der Waals surface area contributed by atoms with E-state index in [1.165, 1.54) is 11.8 Å². The van der Waals surface area contributed by atoms with Crippen molar-refractivity contribution in [1.82, 2.24) is 20.2 Å². The zero-order chi connectivity index (χ0) is 18.5. The number of ether oxygens (including phenoxy) is 1. The van der Waals surface area contributed by atoms with E-state index < -0.39 is 0 Å². The Morgan fingerprint density at radius 2 is 2.12 bits per heavy atom. The molecule has 0 radical (unpaired) electrons. The van der Waals surface area contributed by atoms with Crippen LogP contribution in [0, 0.1) is 6.92 Å². The van der Waals surface area contributed by atoms with Crippen LogP contribution in [-0.4, -0.2) is 39.0 Å². The number of tetrazole rings is 1. The third-order valence-corrected chi connectivity index (χ3v) is 4.71. The van der Waals surface area contributed by atoms with Crippen molar-refractivity contribution in [3.63, 3.8) is 0 Å². The second-order valence-corrected chi connectivity index (χ2v) is 6.72. The van der Waals surface area contributed by atoms with Crippen molar-refractivity contribution in [1.29, 1.82) is 0 Å². The fraction of sp³-hybridized carbons (Fsp3) is 0.176. The number of thioether (sulfide) groups is 1. The molecule has 0 bridgehead atoms. The van der Waals surface area contributed by atoms with Gasteiger partial charge in [-0.15, -0.1) is 5.10 Å². The Morgan fingerprint density at radius 3 is 2.92 bits per heavy atom. The molecular formula is C17H16ClN5O2S. The number of amides is 1. The van der Waals surface area contributed by atoms with Crippen molar-refractivity contribution in [2.75, 3.05) is 18.2 Å². The third-order valence-electron chi connectivity index (χ3n) is 3.55. The average Bonchev–Trinajstić information content (AvgIpc) is 3.11. The lowest BCUT2D eigenvalue weighted by molar-refractivity contribution is -0.113. The predicted molar refractivity (Wildman–Crippen MR) is 101 cm³/mol. The largest absolute Gasteiger partial charge is 0.495 e. The highest BCUT2D eigenvalue weighted by Crippen LogP contribution is 2.25. The van der Waals surface area contributed by atoms with Gasteiger partial charge in [0.25, 0.3) is 0 Å². The number of methoxy groups -OCH3 is 1. The summed E-state index contributed by atoms with van der Waals surface area (Å²) in [6, 6.07) is 12.7. The first-order valence-corrected chi connectivity index (χ1v) is 9.05. The Balaban J connectivity index is 1.70. The Bertz CT molecular complexity index is 931. The summed E-state index contributed by atoms with van der Waals surface area (Å²) in [5, 5.41) is 15.6. The summed E-state index contributed by atoms with van der Waals surface area (Å²) in [6.45, 7) is 1.94. The zero-order valence-corrected chi connectivity index (χ0v) is 15.7. The number of carbonyl (C=O) groups excluding carboxylic acids is 1. The van der Waals surface area contributed by atoms with Crippen molar-refractivity contribution in [3.05, 3.63) is 53.1 Å². The van der Waals surface area contributed by atoms with Crippen LogP contribution in [0.4, 0.5) is 5.69 Å². The molecule has 3 rings (SSSR count). The van der Waals surface area contributed by atoms with Gasteiger partial charge in [0.1, 0.15) is 5.75 Å². The van der Waals surface area contributed by atoms with Gasteiger partial charge in [-0.05, 0) is 47.2 Å². The van der Waals surface area contributed by atoms with Gasteiger partial charge in [0.15, 0.2) is 0 Å². The lowest BCUT2D eigenvalue weighted by Crippen LogP contribution is -2.15. The summed E-state index contributed by atoms with van der Waals surface area (Å²) in [4.78, 5) is 12.3. The fourth-order valence-electron chi connectivity index (χ4n) is 2.30. The number of aryl methyl sites for hydroxylation is 1. The van der Waals surface area contributed by atoms with E-state index in [0.717, 1.165) is 11.3 Å². The number of benzene rings is 2. The smallest absolute Gasteiger partial charge is 0.234 e. The molecule has 0 aliphatic heterocycles. The van der Waals surface area contributed by atoms with Crippen molar-refractivity contribution < 1.29 is 9.53 Å². The number of halogens is 1. The number of carbonyl (C=O) groups is 1. The van der Waals surface area contributed by atoms with Crippen LogP contribution in [0.25, 0.3) is 5.69 Å². The number of nitrogens with one attached hydrogen (secondary N) is 1. The molecule has 1 amide bonds. The summed E-state index contributed by atoms with van der Waals surface area (Å²) in [5.74, 6) is 0.569. The molecule has 134 valence electrons. The number of aromatic nitrogens is 4. The summed E-state index contributed by atoms with van der Waals surface area (Å²) in [5.41, 5.74) is 2.36. The molecule has 0 unspecified atom stereocenters. The van der Waals surface area contributed by atoms with Gasteiger partial charge >= 0.3 is 0 Å². The maximum Gasteiger partial charge on any atom is 0.234 e. The summed E-state index contributed by atoms with van der Waals surface area (Å²) in [7, 11) is 1.56. The first kappa shape index (κ1) is 18.2. The first-order chi connectivity index (χ1) is 12.6. The maximum absolute atomic E-state index is 12.3. The van der Waals surface area contributed by atoms with Crippen molar-refractivity contribution in [2.24, 2.45) is 0 Å². The molecule has 0 atom stereocenters. The van der Waals surface area contributed by atoms with E-state index in [9.17, 15) is 4.79 Å². The Hall–Kier alpha value is -2.58. The molecule has 1 N–H and O–H groups in total. The van der Waals surface area contributed by atoms with Crippen molar-refractivity contribution >= 4 is 35.0 Å². The molecule has 3 aromatic rings. The summed E-state index contributed by atoms with van der Waals surface area (Å²) in [6.07, 6.45) is 0. The van der Waals surface area contributed by atoms with Gasteiger partial charge in [0, 0.05) is 5.02 Å². The molecule has 0 spiro atoms. The number of para-hydroxylation sites is 2. The van der Waals surface area contributed by atoms with Gasteiger partial charge in [-0.3, -0.25) is 4.79 Å². The molecule has 1 aromatic heterocycles. The molecule has 0 saturated heterocycles. The van der Waals surface area contributed by atoms with E-state index in [-0.39, 0.29) is 11.7 Å². The molecule has 0 aliphatic rings. The van der Waals surface area contributed by atoms with E-state index in [0.29, 0.717) is 21.6 Å². The van der Waals surface area contributed by atoms with Crippen LogP contribution >= 0.6 is 23.4 Å². The highest BCUT2D eigenvalue weighted by molar-refractivity contribution is 7.99. The Morgan fingerprint density at radius 1 is 1.31 bits per heavy atom. The normalized spacial score (nSPS) is 10.6. The lowest BCUT2D eigenvalue weighted by Gasteiger charge is -2.10. The third kappa shape index (κ3) is 4.14. The van der Waals surface area contributed by atoms with Gasteiger partial charge in [-0.25, -0.2) is 0 Å². The number of anilines is 1. The molecule has 0 fully saturated rings. The van der Waals surface area contributed by atoms with Gasteiger partial charge in [0.05, 0.1) is 24.2 Å². The van der Waals surface area contributed by atoms with E-state index >= 15 is 0 Å². The SMILES string of the molecule is COc1ccccc1NC(=O)CSc1nnnn1-c1cc(Cl)ccc1C. The predicted octanol–water partition coefficient (Wildman–Crippen LogP) is 3.36. The van der Waals surface area contributed by atoms with E-state index in [2.05, 4.69) is 20.8 Å². The molecule has 0 aliphatic carbocycles. The van der Waals surface area contributed by atoms with Crippen LogP contribution in [0.2, 0.25) is 5.02 Å². The van der Waals surface area contributed by atoms with Gasteiger partial charge in [0.2, 0.25) is 11.1 Å². The monoisotopic (exact) mass is 389 g/mol. The minimum atomic E-state index is -0.183. The van der Waals surface area contributed by atoms with Gasteiger partial charge < -0.3 is 10.1 Å². The molecule has 2 aromatic carbocycles. The topological polar surface area (TPSA) is 81.9 Å². The first-order valence-electron chi connectivity index (χ1n) is 7.69. The summed E-state index contributed by atoms with van der Waals surface area (Å²) >= 11 is 7.30. The van der Waals surface area contributed by atoms with Crippen molar-refractivity contribution in [3.8, 4) is 11.4 Å². The zero-order valence-electron chi connectivity index (χ0n) is 14.1. The van der Waals surface area contributed by atoms with Crippen molar-refractivity contribution in [2.45, 2.75) is 12.1 Å². The molecule has 1 heterocycles. The molecule has 26 heavy (non-hydrogen) atoms. The molecule has 9 heteroatoms. The second kappa shape index (κ2) is 8.20. The average molecular weight is 390 g/mol. The number of rotatable bonds is 6. The maximum atomic E-state index is 12.3. The quantitative estimate of drug-likeness (QED) is 0.651. The van der Waals surface area contributed by atoms with E-state index in [1.54, 1.807) is 36.1 Å². The van der Waals surface area contributed by atoms with Crippen LogP contribution < -0.4 is 10.1 Å². The number of hydrogen-bond acceptors (Lipinski definition) is 6. The summed E-state index contributed by atoms with van der Waals surface area (Å²) < 4.78 is 6.80. The van der Waals surface area contributed by atoms with Crippen LogP contribution in [0.15, 0.2) is 47.6 Å². The highest BCUT2D eigenvalue weighted by Gasteiger charge is 2.14. The minimum absolute atomic E-state index is 0.151. The Labute approximate surface area is 159 Å². The molecule has 0 saturated carbocycles.